The molecule has 0 aromatic heterocycles. The molecule has 0 bridgehead atoms. The Kier molecular flexibility index (Phi) is 3.63. The van der Waals surface area contributed by atoms with Crippen LogP contribution in [0.25, 0.3) is 0 Å². The SMILES string of the molecule is COc1c(C)c(F)c(C)c(C2(C(=O)O)CCCC2)c1O. The first-order valence-electron chi connectivity index (χ1n) is 6.66. The molecule has 0 atom stereocenters. The van der Waals surface area contributed by atoms with E-state index in [9.17, 15) is 19.4 Å². The van der Waals surface area contributed by atoms with Gasteiger partial charge in [-0.1, -0.05) is 12.8 Å². The first kappa shape index (κ1) is 14.6. The van der Waals surface area contributed by atoms with Crippen molar-refractivity contribution in [1.29, 1.82) is 0 Å². The van der Waals surface area contributed by atoms with Crippen molar-refractivity contribution >= 4 is 5.97 Å². The molecule has 20 heavy (non-hydrogen) atoms. The lowest BCUT2D eigenvalue weighted by Gasteiger charge is -2.28. The van der Waals surface area contributed by atoms with Crippen LogP contribution in [0.4, 0.5) is 4.39 Å². The van der Waals surface area contributed by atoms with Crippen molar-refractivity contribution in [2.45, 2.75) is 44.9 Å². The summed E-state index contributed by atoms with van der Waals surface area (Å²) in [6.45, 7) is 3.02. The molecular formula is C15H19FO4. The molecule has 1 aliphatic rings. The van der Waals surface area contributed by atoms with Crippen LogP contribution in [0.1, 0.15) is 42.4 Å². The third kappa shape index (κ3) is 1.84. The second-order valence-electron chi connectivity index (χ2n) is 5.42. The highest BCUT2D eigenvalue weighted by Crippen LogP contribution is 2.50. The van der Waals surface area contributed by atoms with Crippen LogP contribution < -0.4 is 4.74 Å². The van der Waals surface area contributed by atoms with Gasteiger partial charge in [0, 0.05) is 11.1 Å². The molecule has 0 radical (unpaired) electrons. The highest BCUT2D eigenvalue weighted by Gasteiger charge is 2.47. The highest BCUT2D eigenvalue weighted by atomic mass is 19.1. The van der Waals surface area contributed by atoms with E-state index in [4.69, 9.17) is 4.74 Å². The van der Waals surface area contributed by atoms with Crippen molar-refractivity contribution in [2.24, 2.45) is 0 Å². The number of rotatable bonds is 3. The summed E-state index contributed by atoms with van der Waals surface area (Å²) in [7, 11) is 1.34. The molecule has 1 aliphatic carbocycles. The molecule has 2 rings (SSSR count). The van der Waals surface area contributed by atoms with E-state index in [1.54, 1.807) is 0 Å². The van der Waals surface area contributed by atoms with E-state index in [0.29, 0.717) is 12.8 Å². The number of ether oxygens (including phenoxy) is 1. The Morgan fingerprint density at radius 3 is 2.25 bits per heavy atom. The van der Waals surface area contributed by atoms with Gasteiger partial charge in [0.15, 0.2) is 11.5 Å². The molecule has 1 saturated carbocycles. The Bertz CT molecular complexity index is 560. The zero-order chi connectivity index (χ0) is 15.1. The molecule has 1 fully saturated rings. The van der Waals surface area contributed by atoms with E-state index in [1.165, 1.54) is 21.0 Å². The van der Waals surface area contributed by atoms with Crippen LogP contribution >= 0.6 is 0 Å². The van der Waals surface area contributed by atoms with Crippen molar-refractivity contribution in [2.75, 3.05) is 7.11 Å². The number of hydrogen-bond donors (Lipinski definition) is 2. The molecule has 0 amide bonds. The topological polar surface area (TPSA) is 66.8 Å². The van der Waals surface area contributed by atoms with Crippen molar-refractivity contribution in [3.05, 3.63) is 22.5 Å². The average molecular weight is 282 g/mol. The molecule has 0 heterocycles. The highest BCUT2D eigenvalue weighted by molar-refractivity contribution is 5.84. The fourth-order valence-electron chi connectivity index (χ4n) is 3.34. The zero-order valence-corrected chi connectivity index (χ0v) is 11.9. The number of benzene rings is 1. The fraction of sp³-hybridized carbons (Fsp3) is 0.533. The lowest BCUT2D eigenvalue weighted by atomic mass is 9.75. The molecule has 1 aromatic rings. The monoisotopic (exact) mass is 282 g/mol. The number of carboxylic acid groups (broad SMARTS) is 1. The molecule has 5 heteroatoms. The minimum Gasteiger partial charge on any atom is -0.504 e. The molecule has 0 unspecified atom stereocenters. The van der Waals surface area contributed by atoms with Crippen LogP contribution in [0.15, 0.2) is 0 Å². The maximum absolute atomic E-state index is 14.3. The van der Waals surface area contributed by atoms with Crippen molar-refractivity contribution < 1.29 is 24.1 Å². The van der Waals surface area contributed by atoms with Gasteiger partial charge < -0.3 is 14.9 Å². The van der Waals surface area contributed by atoms with E-state index in [1.807, 2.05) is 0 Å². The van der Waals surface area contributed by atoms with Crippen LogP contribution in [-0.2, 0) is 10.2 Å². The van der Waals surface area contributed by atoms with E-state index < -0.39 is 17.2 Å². The molecular weight excluding hydrogens is 263 g/mol. The summed E-state index contributed by atoms with van der Waals surface area (Å²) in [5.41, 5.74) is -0.645. The Labute approximate surface area is 117 Å². The lowest BCUT2D eigenvalue weighted by molar-refractivity contribution is -0.143. The quantitative estimate of drug-likeness (QED) is 0.894. The summed E-state index contributed by atoms with van der Waals surface area (Å²) >= 11 is 0. The smallest absolute Gasteiger partial charge is 0.314 e. The third-order valence-corrected chi connectivity index (χ3v) is 4.38. The van der Waals surface area contributed by atoms with Crippen LogP contribution in [0.5, 0.6) is 11.5 Å². The minimum absolute atomic E-state index is 0.0237. The van der Waals surface area contributed by atoms with E-state index >= 15 is 0 Å². The molecule has 110 valence electrons. The second-order valence-corrected chi connectivity index (χ2v) is 5.42. The molecule has 1 aromatic carbocycles. The van der Waals surface area contributed by atoms with Gasteiger partial charge in [-0.3, -0.25) is 4.79 Å². The Morgan fingerprint density at radius 2 is 1.80 bits per heavy atom. The van der Waals surface area contributed by atoms with Gasteiger partial charge in [-0.2, -0.15) is 0 Å². The standard InChI is InChI=1S/C15H19FO4/c1-8-10(15(14(18)19)6-4-5-7-15)12(17)13(20-3)9(2)11(8)16/h17H,4-7H2,1-3H3,(H,18,19). The number of hydrogen-bond acceptors (Lipinski definition) is 3. The van der Waals surface area contributed by atoms with Crippen LogP contribution in [0.3, 0.4) is 0 Å². The van der Waals surface area contributed by atoms with E-state index in [-0.39, 0.29) is 28.2 Å². The average Bonchev–Trinajstić information content (AvgIpc) is 2.88. The molecule has 0 aliphatic heterocycles. The number of methoxy groups -OCH3 is 1. The number of aliphatic carboxylic acids is 1. The number of carboxylic acids is 1. The maximum atomic E-state index is 14.3. The number of halogens is 1. The van der Waals surface area contributed by atoms with Gasteiger partial charge >= 0.3 is 5.97 Å². The van der Waals surface area contributed by atoms with Gasteiger partial charge in [-0.15, -0.1) is 0 Å². The number of phenolic OH excluding ortho intramolecular Hbond substituents is 1. The first-order chi connectivity index (χ1) is 9.36. The molecule has 0 saturated heterocycles. The lowest BCUT2D eigenvalue weighted by Crippen LogP contribution is -2.34. The van der Waals surface area contributed by atoms with Gasteiger partial charge in [-0.05, 0) is 32.3 Å². The van der Waals surface area contributed by atoms with E-state index in [2.05, 4.69) is 0 Å². The predicted octanol–water partition coefficient (Wildman–Crippen LogP) is 3.05. The van der Waals surface area contributed by atoms with Gasteiger partial charge in [0.25, 0.3) is 0 Å². The van der Waals surface area contributed by atoms with E-state index in [0.717, 1.165) is 12.8 Å². The number of carbonyl (C=O) groups is 1. The van der Waals surface area contributed by atoms with Crippen LogP contribution in [0, 0.1) is 19.7 Å². The van der Waals surface area contributed by atoms with Gasteiger partial charge in [0.2, 0.25) is 0 Å². The third-order valence-electron chi connectivity index (χ3n) is 4.38. The Morgan fingerprint density at radius 1 is 1.25 bits per heavy atom. The number of aromatic hydroxyl groups is 1. The van der Waals surface area contributed by atoms with Crippen molar-refractivity contribution in [1.82, 2.24) is 0 Å². The largest absolute Gasteiger partial charge is 0.504 e. The van der Waals surface area contributed by atoms with Crippen molar-refractivity contribution in [3.8, 4) is 11.5 Å². The summed E-state index contributed by atoms with van der Waals surface area (Å²) in [6.07, 6.45) is 2.32. The fourth-order valence-corrected chi connectivity index (χ4v) is 3.34. The first-order valence-corrected chi connectivity index (χ1v) is 6.66. The predicted molar refractivity (Wildman–Crippen MR) is 71.9 cm³/mol. The summed E-state index contributed by atoms with van der Waals surface area (Å²) in [5.74, 6) is -1.75. The molecule has 4 nitrogen and oxygen atoms in total. The van der Waals surface area contributed by atoms with Crippen molar-refractivity contribution in [3.63, 3.8) is 0 Å². The Balaban J connectivity index is 2.80. The molecule has 0 spiro atoms. The van der Waals surface area contributed by atoms with Gasteiger partial charge in [-0.25, -0.2) is 4.39 Å². The summed E-state index contributed by atoms with van der Waals surface area (Å²) < 4.78 is 19.4. The minimum atomic E-state index is -1.21. The summed E-state index contributed by atoms with van der Waals surface area (Å²) in [4.78, 5) is 11.7. The van der Waals surface area contributed by atoms with Crippen LogP contribution in [-0.4, -0.2) is 23.3 Å². The zero-order valence-electron chi connectivity index (χ0n) is 11.9. The van der Waals surface area contributed by atoms with Crippen LogP contribution in [0.2, 0.25) is 0 Å². The summed E-state index contributed by atoms with van der Waals surface area (Å²) in [5, 5.41) is 20.0. The normalized spacial score (nSPS) is 17.2. The summed E-state index contributed by atoms with van der Waals surface area (Å²) in [6, 6.07) is 0. The second kappa shape index (κ2) is 4.96. The Hall–Kier alpha value is -1.78. The van der Waals surface area contributed by atoms with Gasteiger partial charge in [0.1, 0.15) is 5.82 Å². The number of phenols is 1. The van der Waals surface area contributed by atoms with Gasteiger partial charge in [0.05, 0.1) is 12.5 Å². The maximum Gasteiger partial charge on any atom is 0.314 e. The molecule has 2 N–H and O–H groups in total.